The third kappa shape index (κ3) is 2.55. The predicted octanol–water partition coefficient (Wildman–Crippen LogP) is 2.80. The van der Waals surface area contributed by atoms with Gasteiger partial charge in [-0.15, -0.1) is 0 Å². The second-order valence-electron chi connectivity index (χ2n) is 5.33. The van der Waals surface area contributed by atoms with Crippen LogP contribution in [0.2, 0.25) is 0 Å². The Kier molecular flexibility index (Phi) is 3.89. The lowest BCUT2D eigenvalue weighted by atomic mass is 9.75. The summed E-state index contributed by atoms with van der Waals surface area (Å²) in [4.78, 5) is 2.37. The molecule has 0 amide bonds. The number of rotatable bonds is 6. The van der Waals surface area contributed by atoms with Crippen LogP contribution >= 0.6 is 0 Å². The van der Waals surface area contributed by atoms with E-state index in [2.05, 4.69) is 37.3 Å². The summed E-state index contributed by atoms with van der Waals surface area (Å²) in [5.41, 5.74) is 0.375. The fraction of sp³-hybridized carbons (Fsp3) is 0.714. The van der Waals surface area contributed by atoms with Crippen molar-refractivity contribution in [2.45, 2.75) is 44.2 Å². The molecule has 1 N–H and O–H groups in total. The van der Waals surface area contributed by atoms with Crippen molar-refractivity contribution in [3.63, 3.8) is 0 Å². The van der Waals surface area contributed by atoms with Gasteiger partial charge in [-0.2, -0.15) is 0 Å². The molecular weight excluding hydrogens is 212 g/mol. The van der Waals surface area contributed by atoms with E-state index >= 15 is 0 Å². The van der Waals surface area contributed by atoms with Crippen molar-refractivity contribution in [1.82, 2.24) is 10.2 Å². The molecule has 3 nitrogen and oxygen atoms in total. The number of hydrogen-bond donors (Lipinski definition) is 1. The average molecular weight is 236 g/mol. The molecule has 0 radical (unpaired) electrons. The van der Waals surface area contributed by atoms with E-state index in [-0.39, 0.29) is 0 Å². The molecule has 0 saturated heterocycles. The third-order valence-corrected chi connectivity index (χ3v) is 4.21. The first kappa shape index (κ1) is 12.7. The molecule has 17 heavy (non-hydrogen) atoms. The van der Waals surface area contributed by atoms with Gasteiger partial charge in [-0.25, -0.2) is 0 Å². The number of furan rings is 1. The second-order valence-corrected chi connectivity index (χ2v) is 5.33. The molecule has 0 aromatic carbocycles. The van der Waals surface area contributed by atoms with E-state index in [0.29, 0.717) is 11.6 Å². The number of hydrogen-bond acceptors (Lipinski definition) is 3. The van der Waals surface area contributed by atoms with Crippen molar-refractivity contribution in [3.8, 4) is 0 Å². The molecule has 3 heteroatoms. The van der Waals surface area contributed by atoms with Crippen LogP contribution in [0.5, 0.6) is 0 Å². The Morgan fingerprint density at radius 3 is 2.65 bits per heavy atom. The quantitative estimate of drug-likeness (QED) is 0.823. The molecule has 1 atom stereocenters. The Labute approximate surface area is 104 Å². The minimum Gasteiger partial charge on any atom is -0.468 e. The van der Waals surface area contributed by atoms with Crippen LogP contribution in [0.25, 0.3) is 0 Å². The first-order valence-corrected chi connectivity index (χ1v) is 6.62. The van der Waals surface area contributed by atoms with Crippen LogP contribution in [-0.4, -0.2) is 31.1 Å². The van der Waals surface area contributed by atoms with Crippen LogP contribution in [-0.2, 0) is 0 Å². The topological polar surface area (TPSA) is 28.4 Å². The van der Waals surface area contributed by atoms with Gasteiger partial charge in [0, 0.05) is 12.1 Å². The van der Waals surface area contributed by atoms with Crippen LogP contribution in [0, 0.1) is 0 Å². The van der Waals surface area contributed by atoms with Gasteiger partial charge in [-0.3, -0.25) is 0 Å². The lowest BCUT2D eigenvalue weighted by molar-refractivity contribution is 0.0561. The van der Waals surface area contributed by atoms with E-state index < -0.39 is 0 Å². The minimum absolute atomic E-state index is 0.349. The smallest absolute Gasteiger partial charge is 0.120 e. The SMILES string of the molecule is CCC(NCC1(N(C)C)CCC1)c1ccco1. The highest BCUT2D eigenvalue weighted by molar-refractivity contribution is 5.06. The summed E-state index contributed by atoms with van der Waals surface area (Å²) >= 11 is 0. The van der Waals surface area contributed by atoms with Gasteiger partial charge < -0.3 is 14.6 Å². The van der Waals surface area contributed by atoms with E-state index in [1.165, 1.54) is 19.3 Å². The Bertz CT molecular complexity index is 328. The molecule has 1 saturated carbocycles. The molecule has 0 aliphatic heterocycles. The molecular formula is C14H24N2O. The maximum atomic E-state index is 5.49. The Morgan fingerprint density at radius 1 is 1.47 bits per heavy atom. The Morgan fingerprint density at radius 2 is 2.24 bits per heavy atom. The van der Waals surface area contributed by atoms with Gasteiger partial charge >= 0.3 is 0 Å². The molecule has 0 spiro atoms. The number of likely N-dealkylation sites (N-methyl/N-ethyl adjacent to an activating group) is 1. The number of nitrogens with zero attached hydrogens (tertiary/aromatic N) is 1. The maximum Gasteiger partial charge on any atom is 0.120 e. The van der Waals surface area contributed by atoms with Crippen LogP contribution in [0.15, 0.2) is 22.8 Å². The van der Waals surface area contributed by atoms with Crippen molar-refractivity contribution in [2.24, 2.45) is 0 Å². The highest BCUT2D eigenvalue weighted by Crippen LogP contribution is 2.36. The van der Waals surface area contributed by atoms with E-state index in [4.69, 9.17) is 4.42 Å². The van der Waals surface area contributed by atoms with Gasteiger partial charge in [-0.05, 0) is 51.9 Å². The van der Waals surface area contributed by atoms with Crippen molar-refractivity contribution in [1.29, 1.82) is 0 Å². The highest BCUT2D eigenvalue weighted by atomic mass is 16.3. The number of nitrogens with one attached hydrogen (secondary N) is 1. The van der Waals surface area contributed by atoms with Gasteiger partial charge in [0.15, 0.2) is 0 Å². The van der Waals surface area contributed by atoms with E-state index in [1.807, 2.05) is 6.07 Å². The summed E-state index contributed by atoms with van der Waals surface area (Å²) in [6.07, 6.45) is 6.79. The van der Waals surface area contributed by atoms with Gasteiger partial charge in [0.25, 0.3) is 0 Å². The standard InChI is InChI=1S/C14H24N2O/c1-4-12(13-7-5-10-17-13)15-11-14(16(2)3)8-6-9-14/h5,7,10,12,15H,4,6,8-9,11H2,1-3H3. The zero-order valence-electron chi connectivity index (χ0n) is 11.2. The largest absolute Gasteiger partial charge is 0.468 e. The fourth-order valence-corrected chi connectivity index (χ4v) is 2.62. The molecule has 0 bridgehead atoms. The molecule has 1 unspecified atom stereocenters. The minimum atomic E-state index is 0.349. The van der Waals surface area contributed by atoms with Crippen LogP contribution in [0.1, 0.15) is 44.4 Å². The summed E-state index contributed by atoms with van der Waals surface area (Å²) in [5, 5.41) is 3.66. The van der Waals surface area contributed by atoms with Crippen molar-refractivity contribution >= 4 is 0 Å². The first-order valence-electron chi connectivity index (χ1n) is 6.62. The van der Waals surface area contributed by atoms with Gasteiger partial charge in [0.05, 0.1) is 12.3 Å². The van der Waals surface area contributed by atoms with Crippen LogP contribution in [0.3, 0.4) is 0 Å². The summed E-state index contributed by atoms with van der Waals surface area (Å²) in [6.45, 7) is 3.25. The van der Waals surface area contributed by atoms with Crippen molar-refractivity contribution in [3.05, 3.63) is 24.2 Å². The molecule has 1 aliphatic carbocycles. The summed E-state index contributed by atoms with van der Waals surface area (Å²) in [7, 11) is 4.38. The maximum absolute atomic E-state index is 5.49. The van der Waals surface area contributed by atoms with Crippen molar-refractivity contribution in [2.75, 3.05) is 20.6 Å². The molecule has 96 valence electrons. The third-order valence-electron chi connectivity index (χ3n) is 4.21. The summed E-state index contributed by atoms with van der Waals surface area (Å²) in [6, 6.07) is 4.37. The normalized spacial score (nSPS) is 20.2. The van der Waals surface area contributed by atoms with E-state index in [0.717, 1.165) is 18.7 Å². The van der Waals surface area contributed by atoms with Gasteiger partial charge in [-0.1, -0.05) is 6.92 Å². The van der Waals surface area contributed by atoms with Crippen molar-refractivity contribution < 1.29 is 4.42 Å². The molecule has 1 fully saturated rings. The lowest BCUT2D eigenvalue weighted by Gasteiger charge is -2.48. The van der Waals surface area contributed by atoms with E-state index in [9.17, 15) is 0 Å². The van der Waals surface area contributed by atoms with Gasteiger partial charge in [0.2, 0.25) is 0 Å². The highest BCUT2D eigenvalue weighted by Gasteiger charge is 2.39. The second kappa shape index (κ2) is 5.23. The molecule has 1 aliphatic rings. The fourth-order valence-electron chi connectivity index (χ4n) is 2.62. The Balaban J connectivity index is 1.92. The first-order chi connectivity index (χ1) is 8.18. The lowest BCUT2D eigenvalue weighted by Crippen LogP contribution is -2.56. The zero-order chi connectivity index (χ0) is 12.3. The molecule has 1 aromatic rings. The summed E-state index contributed by atoms with van der Waals surface area (Å²) < 4.78 is 5.49. The molecule has 1 aromatic heterocycles. The molecule has 1 heterocycles. The summed E-state index contributed by atoms with van der Waals surface area (Å²) in [5.74, 6) is 1.06. The average Bonchev–Trinajstić information content (AvgIpc) is 2.74. The van der Waals surface area contributed by atoms with Crippen LogP contribution < -0.4 is 5.32 Å². The van der Waals surface area contributed by atoms with E-state index in [1.54, 1.807) is 6.26 Å². The molecule has 2 rings (SSSR count). The van der Waals surface area contributed by atoms with Gasteiger partial charge in [0.1, 0.15) is 5.76 Å². The predicted molar refractivity (Wildman–Crippen MR) is 70.0 cm³/mol. The zero-order valence-corrected chi connectivity index (χ0v) is 11.2. The Hall–Kier alpha value is -0.800. The monoisotopic (exact) mass is 236 g/mol. The van der Waals surface area contributed by atoms with Crippen LogP contribution in [0.4, 0.5) is 0 Å².